The molecule has 2 aliphatic carbocycles. The van der Waals surface area contributed by atoms with Crippen molar-refractivity contribution >= 4 is 0 Å². The molecule has 2 atom stereocenters. The number of nitrogens with one attached hydrogen (secondary N) is 1. The molecule has 0 heterocycles. The van der Waals surface area contributed by atoms with Crippen molar-refractivity contribution in [3.63, 3.8) is 0 Å². The van der Waals surface area contributed by atoms with Gasteiger partial charge in [-0.15, -0.1) is 0 Å². The Kier molecular flexibility index (Phi) is 4.69. The molecule has 0 radical (unpaired) electrons. The van der Waals surface area contributed by atoms with Gasteiger partial charge >= 0.3 is 0 Å². The Morgan fingerprint density at radius 2 is 1.56 bits per heavy atom. The van der Waals surface area contributed by atoms with E-state index in [1.807, 2.05) is 0 Å². The minimum atomic E-state index is 0.820. The minimum Gasteiger partial charge on any atom is -0.314 e. The predicted molar refractivity (Wildman–Crippen MR) is 70.5 cm³/mol. The van der Waals surface area contributed by atoms with Crippen LogP contribution in [-0.4, -0.2) is 12.6 Å². The lowest BCUT2D eigenvalue weighted by Gasteiger charge is -2.32. The minimum absolute atomic E-state index is 0.820. The van der Waals surface area contributed by atoms with Crippen LogP contribution < -0.4 is 5.32 Å². The normalized spacial score (nSPS) is 36.8. The Morgan fingerprint density at radius 1 is 0.938 bits per heavy atom. The third-order valence-electron chi connectivity index (χ3n) is 4.64. The van der Waals surface area contributed by atoms with Gasteiger partial charge in [-0.25, -0.2) is 0 Å². The van der Waals surface area contributed by atoms with Gasteiger partial charge in [0.1, 0.15) is 0 Å². The highest BCUT2D eigenvalue weighted by Crippen LogP contribution is 2.29. The van der Waals surface area contributed by atoms with Crippen molar-refractivity contribution in [2.24, 2.45) is 17.8 Å². The molecule has 0 aromatic carbocycles. The molecular weight excluding hydrogens is 194 g/mol. The van der Waals surface area contributed by atoms with Gasteiger partial charge in [-0.2, -0.15) is 0 Å². The number of hydrogen-bond acceptors (Lipinski definition) is 1. The van der Waals surface area contributed by atoms with E-state index in [9.17, 15) is 0 Å². The van der Waals surface area contributed by atoms with E-state index in [2.05, 4.69) is 19.2 Å². The first-order chi connectivity index (χ1) is 7.74. The fourth-order valence-corrected chi connectivity index (χ4v) is 3.90. The fraction of sp³-hybridized carbons (Fsp3) is 1.00. The summed E-state index contributed by atoms with van der Waals surface area (Å²) >= 11 is 0. The first kappa shape index (κ1) is 12.4. The molecule has 2 rings (SSSR count). The van der Waals surface area contributed by atoms with E-state index < -0.39 is 0 Å². The second-order valence-corrected chi connectivity index (χ2v) is 6.51. The Labute approximate surface area is 101 Å². The quantitative estimate of drug-likeness (QED) is 0.760. The topological polar surface area (TPSA) is 12.0 Å². The number of rotatable bonds is 4. The van der Waals surface area contributed by atoms with E-state index >= 15 is 0 Å². The average molecular weight is 223 g/mol. The Bertz CT molecular complexity index is 186. The maximum absolute atomic E-state index is 3.81. The van der Waals surface area contributed by atoms with E-state index in [4.69, 9.17) is 0 Å². The van der Waals surface area contributed by atoms with Crippen molar-refractivity contribution in [3.8, 4) is 0 Å². The predicted octanol–water partition coefficient (Wildman–Crippen LogP) is 3.98. The van der Waals surface area contributed by atoms with Gasteiger partial charge in [-0.1, -0.05) is 39.5 Å². The molecule has 0 saturated heterocycles. The van der Waals surface area contributed by atoms with Crippen LogP contribution in [0.5, 0.6) is 0 Å². The van der Waals surface area contributed by atoms with Crippen LogP contribution >= 0.6 is 0 Å². The largest absolute Gasteiger partial charge is 0.314 e. The van der Waals surface area contributed by atoms with E-state index in [1.54, 1.807) is 0 Å². The highest BCUT2D eigenvalue weighted by molar-refractivity contribution is 4.80. The molecule has 2 saturated carbocycles. The lowest BCUT2D eigenvalue weighted by molar-refractivity contribution is 0.236. The zero-order valence-electron chi connectivity index (χ0n) is 11.2. The molecule has 2 fully saturated rings. The van der Waals surface area contributed by atoms with Crippen LogP contribution in [0.25, 0.3) is 0 Å². The SMILES string of the molecule is CC1CC(C)CC(NCCC2CCCC2)C1. The maximum Gasteiger partial charge on any atom is 0.00721 e. The molecule has 1 heteroatoms. The van der Waals surface area contributed by atoms with Crippen LogP contribution in [0.15, 0.2) is 0 Å². The van der Waals surface area contributed by atoms with Crippen molar-refractivity contribution in [2.45, 2.75) is 71.3 Å². The molecule has 1 nitrogen and oxygen atoms in total. The van der Waals surface area contributed by atoms with Crippen LogP contribution in [0.1, 0.15) is 65.2 Å². The molecule has 0 aromatic heterocycles. The van der Waals surface area contributed by atoms with Gasteiger partial charge in [0.15, 0.2) is 0 Å². The third kappa shape index (κ3) is 3.76. The van der Waals surface area contributed by atoms with E-state index in [0.29, 0.717) is 0 Å². The van der Waals surface area contributed by atoms with Crippen molar-refractivity contribution in [1.82, 2.24) is 5.32 Å². The fourth-order valence-electron chi connectivity index (χ4n) is 3.90. The first-order valence-corrected chi connectivity index (χ1v) is 7.47. The molecule has 0 aromatic rings. The molecule has 0 amide bonds. The van der Waals surface area contributed by atoms with Gasteiger partial charge in [-0.05, 0) is 50.0 Å². The van der Waals surface area contributed by atoms with Crippen LogP contribution in [0.3, 0.4) is 0 Å². The van der Waals surface area contributed by atoms with Crippen molar-refractivity contribution in [3.05, 3.63) is 0 Å². The molecule has 0 bridgehead atoms. The van der Waals surface area contributed by atoms with Gasteiger partial charge in [-0.3, -0.25) is 0 Å². The standard InChI is InChI=1S/C15H29N/c1-12-9-13(2)11-15(10-12)16-8-7-14-5-3-4-6-14/h12-16H,3-11H2,1-2H3. The zero-order valence-corrected chi connectivity index (χ0v) is 11.2. The highest BCUT2D eigenvalue weighted by Gasteiger charge is 2.23. The summed E-state index contributed by atoms with van der Waals surface area (Å²) in [6.45, 7) is 6.11. The summed E-state index contributed by atoms with van der Waals surface area (Å²) in [5, 5.41) is 3.81. The van der Waals surface area contributed by atoms with Gasteiger partial charge in [0.05, 0.1) is 0 Å². The molecule has 94 valence electrons. The summed E-state index contributed by atoms with van der Waals surface area (Å²) in [5.41, 5.74) is 0. The van der Waals surface area contributed by atoms with E-state index in [-0.39, 0.29) is 0 Å². The molecule has 2 aliphatic rings. The number of hydrogen-bond donors (Lipinski definition) is 1. The summed E-state index contributed by atoms with van der Waals surface area (Å²) in [7, 11) is 0. The van der Waals surface area contributed by atoms with Crippen molar-refractivity contribution in [1.29, 1.82) is 0 Å². The Morgan fingerprint density at radius 3 is 2.19 bits per heavy atom. The summed E-state index contributed by atoms with van der Waals surface area (Å²) < 4.78 is 0. The van der Waals surface area contributed by atoms with Gasteiger partial charge in [0, 0.05) is 6.04 Å². The van der Waals surface area contributed by atoms with Gasteiger partial charge in [0.25, 0.3) is 0 Å². The van der Waals surface area contributed by atoms with Crippen molar-refractivity contribution < 1.29 is 0 Å². The molecule has 0 spiro atoms. The maximum atomic E-state index is 3.81. The molecule has 16 heavy (non-hydrogen) atoms. The second kappa shape index (κ2) is 6.05. The van der Waals surface area contributed by atoms with Crippen molar-refractivity contribution in [2.75, 3.05) is 6.54 Å². The summed E-state index contributed by atoms with van der Waals surface area (Å²) in [4.78, 5) is 0. The van der Waals surface area contributed by atoms with Gasteiger partial charge in [0.2, 0.25) is 0 Å². The molecular formula is C15H29N. The first-order valence-electron chi connectivity index (χ1n) is 7.47. The molecule has 2 unspecified atom stereocenters. The van der Waals surface area contributed by atoms with Gasteiger partial charge < -0.3 is 5.32 Å². The zero-order chi connectivity index (χ0) is 11.4. The van der Waals surface area contributed by atoms with E-state index in [1.165, 1.54) is 57.9 Å². The highest BCUT2D eigenvalue weighted by atomic mass is 14.9. The Hall–Kier alpha value is -0.0400. The lowest BCUT2D eigenvalue weighted by atomic mass is 9.80. The van der Waals surface area contributed by atoms with Crippen LogP contribution in [0, 0.1) is 17.8 Å². The average Bonchev–Trinajstić information content (AvgIpc) is 2.69. The Balaban J connectivity index is 1.61. The van der Waals surface area contributed by atoms with Crippen LogP contribution in [-0.2, 0) is 0 Å². The monoisotopic (exact) mass is 223 g/mol. The molecule has 1 N–H and O–H groups in total. The lowest BCUT2D eigenvalue weighted by Crippen LogP contribution is -2.37. The summed E-state index contributed by atoms with van der Waals surface area (Å²) in [6, 6.07) is 0.820. The van der Waals surface area contributed by atoms with Crippen LogP contribution in [0.4, 0.5) is 0 Å². The summed E-state index contributed by atoms with van der Waals surface area (Å²) in [5.74, 6) is 2.92. The van der Waals surface area contributed by atoms with E-state index in [0.717, 1.165) is 23.8 Å². The second-order valence-electron chi connectivity index (χ2n) is 6.51. The van der Waals surface area contributed by atoms with Crippen LogP contribution in [0.2, 0.25) is 0 Å². The molecule has 0 aliphatic heterocycles. The third-order valence-corrected chi connectivity index (χ3v) is 4.64. The summed E-state index contributed by atoms with van der Waals surface area (Å²) in [6.07, 6.45) is 11.7. The smallest absolute Gasteiger partial charge is 0.00721 e.